The number of benzene rings is 2. The van der Waals surface area contributed by atoms with Crippen molar-refractivity contribution < 1.29 is 37.8 Å². The molecule has 0 atom stereocenters. The van der Waals surface area contributed by atoms with Gasteiger partial charge >= 0.3 is 6.09 Å². The fourth-order valence-electron chi connectivity index (χ4n) is 4.56. The van der Waals surface area contributed by atoms with E-state index in [4.69, 9.17) is 13.9 Å². The van der Waals surface area contributed by atoms with Gasteiger partial charge in [0.1, 0.15) is 23.2 Å². The van der Waals surface area contributed by atoms with Crippen LogP contribution < -0.4 is 15.4 Å². The van der Waals surface area contributed by atoms with Gasteiger partial charge in [-0.05, 0) is 68.8 Å². The summed E-state index contributed by atoms with van der Waals surface area (Å²) in [4.78, 5) is 43.1. The Bertz CT molecular complexity index is 1780. The number of carbonyl (C=O) groups is 3. The van der Waals surface area contributed by atoms with E-state index in [1.54, 1.807) is 51.1 Å². The molecule has 0 saturated carbocycles. The number of carboxylic acid groups (broad SMARTS) is 1. The lowest BCUT2D eigenvalue weighted by molar-refractivity contribution is -0.116. The molecule has 0 spiro atoms. The van der Waals surface area contributed by atoms with Gasteiger partial charge in [-0.25, -0.2) is 14.2 Å². The smallest absolute Gasteiger partial charge is 0.407 e. The minimum absolute atomic E-state index is 0.0101. The number of pyridine rings is 1. The molecule has 0 aliphatic heterocycles. The molecule has 2 heterocycles. The normalized spacial score (nSPS) is 11.0. The molecule has 0 bridgehead atoms. The van der Waals surface area contributed by atoms with Gasteiger partial charge in [0.15, 0.2) is 18.4 Å². The maximum absolute atomic E-state index is 14.2. The van der Waals surface area contributed by atoms with Crippen LogP contribution in [0.4, 0.5) is 20.7 Å². The summed E-state index contributed by atoms with van der Waals surface area (Å²) in [5.41, 5.74) is 1.11. The lowest BCUT2D eigenvalue weighted by Crippen LogP contribution is -2.46. The first-order valence-electron chi connectivity index (χ1n) is 14.0. The first-order valence-corrected chi connectivity index (χ1v) is 14.0. The van der Waals surface area contributed by atoms with Crippen molar-refractivity contribution in [2.75, 3.05) is 31.1 Å². The van der Waals surface area contributed by atoms with E-state index in [9.17, 15) is 29.1 Å². The van der Waals surface area contributed by atoms with Crippen molar-refractivity contribution in [2.24, 2.45) is 0 Å². The number of anilines is 2. The highest BCUT2D eigenvalue weighted by atomic mass is 19.1. The van der Waals surface area contributed by atoms with Crippen LogP contribution in [0.15, 0.2) is 71.3 Å². The number of nitrogens with one attached hydrogen (secondary N) is 2. The molecule has 0 fully saturated rings. The van der Waals surface area contributed by atoms with E-state index in [-0.39, 0.29) is 48.3 Å². The van der Waals surface area contributed by atoms with E-state index in [0.29, 0.717) is 22.4 Å². The maximum atomic E-state index is 14.2. The third kappa shape index (κ3) is 8.04. The predicted octanol–water partition coefficient (Wildman–Crippen LogP) is 6.36. The molecule has 238 valence electrons. The van der Waals surface area contributed by atoms with Crippen molar-refractivity contribution in [3.05, 3.63) is 84.1 Å². The van der Waals surface area contributed by atoms with Crippen LogP contribution in [0.3, 0.4) is 0 Å². The summed E-state index contributed by atoms with van der Waals surface area (Å²) < 4.78 is 30.0. The average Bonchev–Trinajstić information content (AvgIpc) is 3.54. The molecule has 13 heteroatoms. The minimum atomic E-state index is -1.13. The van der Waals surface area contributed by atoms with Crippen molar-refractivity contribution in [3.63, 3.8) is 0 Å². The molecule has 0 saturated heterocycles. The van der Waals surface area contributed by atoms with Gasteiger partial charge in [0, 0.05) is 48.5 Å². The van der Waals surface area contributed by atoms with Gasteiger partial charge in [0.2, 0.25) is 5.91 Å². The largest absolute Gasteiger partial charge is 0.467 e. The summed E-state index contributed by atoms with van der Waals surface area (Å²) in [7, 11) is 1.41. The number of ether oxygens (including phenoxy) is 2. The molecule has 3 amide bonds. The molecular weight excluding hydrogens is 597 g/mol. The molecule has 0 unspecified atom stereocenters. The van der Waals surface area contributed by atoms with Crippen LogP contribution in [0.1, 0.15) is 43.3 Å². The number of nitrogens with zero attached hydrogens (tertiary/aromatic N) is 3. The number of nitriles is 1. The molecule has 12 nitrogen and oxygen atoms in total. The lowest BCUT2D eigenvalue weighted by atomic mass is 9.97. The summed E-state index contributed by atoms with van der Waals surface area (Å²) in [6, 6.07) is 17.1. The molecule has 46 heavy (non-hydrogen) atoms. The second-order valence-electron chi connectivity index (χ2n) is 11.0. The van der Waals surface area contributed by atoms with Gasteiger partial charge < -0.3 is 34.5 Å². The average molecular weight is 630 g/mol. The summed E-state index contributed by atoms with van der Waals surface area (Å²) in [5.74, 6) is -1.63. The third-order valence-corrected chi connectivity index (χ3v) is 6.72. The Kier molecular flexibility index (Phi) is 10.4. The molecule has 2 aromatic carbocycles. The molecule has 0 aliphatic carbocycles. The number of hydrogen-bond donors (Lipinski definition) is 3. The molecule has 3 N–H and O–H groups in total. The van der Waals surface area contributed by atoms with E-state index < -0.39 is 29.3 Å². The number of methoxy groups -OCH3 is 1. The van der Waals surface area contributed by atoms with Crippen LogP contribution in [0.5, 0.6) is 5.75 Å². The molecule has 4 rings (SSSR count). The number of hydrogen-bond acceptors (Lipinski definition) is 8. The zero-order valence-electron chi connectivity index (χ0n) is 25.6. The van der Waals surface area contributed by atoms with Crippen molar-refractivity contribution >= 4 is 29.4 Å². The highest BCUT2D eigenvalue weighted by Crippen LogP contribution is 2.37. The summed E-state index contributed by atoms with van der Waals surface area (Å²) in [5, 5.41) is 25.2. The van der Waals surface area contributed by atoms with E-state index in [1.165, 1.54) is 42.5 Å². The second-order valence-corrected chi connectivity index (χ2v) is 11.0. The van der Waals surface area contributed by atoms with Crippen molar-refractivity contribution in [2.45, 2.75) is 32.7 Å². The Balaban J connectivity index is 1.75. The van der Waals surface area contributed by atoms with Gasteiger partial charge in [-0.1, -0.05) is 12.1 Å². The molecule has 4 aromatic rings. The molecule has 2 aromatic heterocycles. The SMILES string of the molecule is COCOc1cc(F)ccc1-c1cc(-c2cccc(NC(=O)CCN(C(=O)O)C(C)(C)C)c2)c(C#N)c(NC(=O)c2ccco2)n1. The second kappa shape index (κ2) is 14.4. The Hall–Kier alpha value is -5.74. The molecule has 0 radical (unpaired) electrons. The Morgan fingerprint density at radius 3 is 2.50 bits per heavy atom. The number of rotatable bonds is 11. The van der Waals surface area contributed by atoms with Crippen LogP contribution in [0.25, 0.3) is 22.4 Å². The number of aromatic nitrogens is 1. The number of furan rings is 1. The number of amides is 3. The van der Waals surface area contributed by atoms with Gasteiger partial charge in [0.05, 0.1) is 12.0 Å². The maximum Gasteiger partial charge on any atom is 0.407 e. The standard InChI is InChI=1S/C33H32FN5O7/c1-33(2,3)39(32(42)43)13-12-29(40)36-22-8-5-7-20(15-22)24-17-26(23-11-10-21(34)16-28(23)46-19-44-4)37-30(25(24)18-35)38-31(41)27-9-6-14-45-27/h5-11,14-17H,12-13,19H2,1-4H3,(H,36,40)(H,42,43)(H,37,38,41). The van der Waals surface area contributed by atoms with Crippen molar-refractivity contribution in [1.29, 1.82) is 5.26 Å². The Morgan fingerprint density at radius 1 is 1.07 bits per heavy atom. The fraction of sp³-hybridized carbons (Fsp3) is 0.242. The summed E-state index contributed by atoms with van der Waals surface area (Å²) in [6.07, 6.45) is 0.107. The van der Waals surface area contributed by atoms with Gasteiger partial charge in [-0.15, -0.1) is 0 Å². The van der Waals surface area contributed by atoms with Crippen LogP contribution >= 0.6 is 0 Å². The van der Waals surface area contributed by atoms with Crippen LogP contribution in [0.2, 0.25) is 0 Å². The summed E-state index contributed by atoms with van der Waals surface area (Å²) >= 11 is 0. The fourth-order valence-corrected chi connectivity index (χ4v) is 4.56. The van der Waals surface area contributed by atoms with E-state index >= 15 is 0 Å². The minimum Gasteiger partial charge on any atom is -0.467 e. The van der Waals surface area contributed by atoms with Crippen molar-refractivity contribution in [1.82, 2.24) is 9.88 Å². The Morgan fingerprint density at radius 2 is 1.85 bits per heavy atom. The van der Waals surface area contributed by atoms with Gasteiger partial charge in [0.25, 0.3) is 5.91 Å². The van der Waals surface area contributed by atoms with Gasteiger partial charge in [-0.2, -0.15) is 5.26 Å². The van der Waals surface area contributed by atoms with Crippen LogP contribution in [-0.2, 0) is 9.53 Å². The first kappa shape index (κ1) is 33.2. The van der Waals surface area contributed by atoms with E-state index in [2.05, 4.69) is 21.7 Å². The highest BCUT2D eigenvalue weighted by Gasteiger charge is 2.26. The Labute approximate surface area is 264 Å². The van der Waals surface area contributed by atoms with Gasteiger partial charge in [-0.3, -0.25) is 9.59 Å². The van der Waals surface area contributed by atoms with Crippen LogP contribution in [0, 0.1) is 17.1 Å². The third-order valence-electron chi connectivity index (χ3n) is 6.72. The van der Waals surface area contributed by atoms with E-state index in [1.807, 2.05) is 0 Å². The quantitative estimate of drug-likeness (QED) is 0.160. The van der Waals surface area contributed by atoms with E-state index in [0.717, 1.165) is 6.07 Å². The lowest BCUT2D eigenvalue weighted by Gasteiger charge is -2.32. The van der Waals surface area contributed by atoms with Crippen LogP contribution in [-0.4, -0.2) is 58.9 Å². The zero-order chi connectivity index (χ0) is 33.4. The highest BCUT2D eigenvalue weighted by molar-refractivity contribution is 6.03. The molecule has 0 aliphatic rings. The number of halogens is 1. The van der Waals surface area contributed by atoms with Crippen molar-refractivity contribution in [3.8, 4) is 34.2 Å². The first-order chi connectivity index (χ1) is 21.9. The monoisotopic (exact) mass is 629 g/mol. The summed E-state index contributed by atoms with van der Waals surface area (Å²) in [6.45, 7) is 5.02. The number of carbonyl (C=O) groups excluding carboxylic acids is 2. The predicted molar refractivity (Wildman–Crippen MR) is 167 cm³/mol. The zero-order valence-corrected chi connectivity index (χ0v) is 25.6. The topological polar surface area (TPSA) is 167 Å². The molecular formula is C33H32FN5O7.